The summed E-state index contributed by atoms with van der Waals surface area (Å²) in [7, 11) is 0. The molecule has 0 bridgehead atoms. The van der Waals surface area contributed by atoms with Gasteiger partial charge in [0.25, 0.3) is 5.91 Å². The molecule has 0 unspecified atom stereocenters. The number of amides is 1. The Hall–Kier alpha value is -2.93. The first kappa shape index (κ1) is 21.3. The van der Waals surface area contributed by atoms with Crippen LogP contribution >= 0.6 is 15.9 Å². The van der Waals surface area contributed by atoms with Crippen molar-refractivity contribution < 1.29 is 9.18 Å². The van der Waals surface area contributed by atoms with E-state index in [0.717, 1.165) is 35.7 Å². The van der Waals surface area contributed by atoms with Crippen molar-refractivity contribution in [1.29, 1.82) is 0 Å². The van der Waals surface area contributed by atoms with Crippen LogP contribution in [0.3, 0.4) is 0 Å². The molecule has 1 aliphatic heterocycles. The van der Waals surface area contributed by atoms with Gasteiger partial charge in [-0.05, 0) is 75.2 Å². The number of hydrazone groups is 1. The summed E-state index contributed by atoms with van der Waals surface area (Å²) in [4.78, 5) is 14.7. The van der Waals surface area contributed by atoms with Crippen LogP contribution in [0.5, 0.6) is 0 Å². The van der Waals surface area contributed by atoms with E-state index in [1.807, 2.05) is 48.7 Å². The van der Waals surface area contributed by atoms with Gasteiger partial charge in [-0.2, -0.15) is 5.10 Å². The lowest BCUT2D eigenvalue weighted by Crippen LogP contribution is -2.19. The molecule has 1 amide bonds. The van der Waals surface area contributed by atoms with Crippen LogP contribution in [0.1, 0.15) is 40.2 Å². The minimum Gasteiger partial charge on any atom is -0.372 e. The second-order valence-corrected chi connectivity index (χ2v) is 8.61. The summed E-state index contributed by atoms with van der Waals surface area (Å²) in [5, 5.41) is 4.11. The number of carbonyl (C=O) groups excluding carboxylic acids is 1. The molecule has 5 nitrogen and oxygen atoms in total. The van der Waals surface area contributed by atoms with Crippen molar-refractivity contribution in [2.24, 2.45) is 5.10 Å². The van der Waals surface area contributed by atoms with Gasteiger partial charge in [0, 0.05) is 45.8 Å². The molecule has 0 atom stereocenters. The highest BCUT2D eigenvalue weighted by Gasteiger charge is 2.14. The Labute approximate surface area is 189 Å². The highest BCUT2D eigenvalue weighted by molar-refractivity contribution is 9.10. The van der Waals surface area contributed by atoms with Crippen LogP contribution in [-0.2, 0) is 0 Å². The maximum atomic E-state index is 14.4. The van der Waals surface area contributed by atoms with Crippen LogP contribution in [0, 0.1) is 19.7 Å². The molecular weight excluding hydrogens is 459 g/mol. The van der Waals surface area contributed by atoms with Crippen LogP contribution < -0.4 is 10.3 Å². The predicted molar refractivity (Wildman–Crippen MR) is 126 cm³/mol. The SMILES string of the molecule is Cc1cc(/C=N\NC(=O)c2ccc(N3CCCC3)cc2)c(C)n1-c1ccc(Br)cc1F. The maximum Gasteiger partial charge on any atom is 0.271 e. The number of anilines is 1. The molecule has 1 fully saturated rings. The number of nitrogens with zero attached hydrogens (tertiary/aromatic N) is 3. The lowest BCUT2D eigenvalue weighted by atomic mass is 10.2. The number of nitrogens with one attached hydrogen (secondary N) is 1. The minimum absolute atomic E-state index is 0.267. The molecular formula is C24H24BrFN4O. The fraction of sp³-hybridized carbons (Fsp3) is 0.250. The Bertz CT molecular complexity index is 1130. The largest absolute Gasteiger partial charge is 0.372 e. The molecule has 0 radical (unpaired) electrons. The number of benzene rings is 2. The average molecular weight is 483 g/mol. The number of hydrogen-bond donors (Lipinski definition) is 1. The predicted octanol–water partition coefficient (Wildman–Crippen LogP) is 5.36. The van der Waals surface area contributed by atoms with Gasteiger partial charge < -0.3 is 9.47 Å². The van der Waals surface area contributed by atoms with E-state index in [1.54, 1.807) is 18.3 Å². The monoisotopic (exact) mass is 482 g/mol. The Morgan fingerprint density at radius 1 is 1.10 bits per heavy atom. The topological polar surface area (TPSA) is 49.6 Å². The molecule has 1 aliphatic rings. The van der Waals surface area contributed by atoms with Gasteiger partial charge in [-0.25, -0.2) is 9.82 Å². The van der Waals surface area contributed by atoms with E-state index < -0.39 is 0 Å². The quantitative estimate of drug-likeness (QED) is 0.393. The molecule has 2 aromatic carbocycles. The zero-order chi connectivity index (χ0) is 22.0. The third-order valence-electron chi connectivity index (χ3n) is 5.59. The van der Waals surface area contributed by atoms with Crippen molar-refractivity contribution in [3.05, 3.63) is 81.3 Å². The second kappa shape index (κ2) is 9.06. The van der Waals surface area contributed by atoms with Crippen LogP contribution in [-0.4, -0.2) is 29.8 Å². The van der Waals surface area contributed by atoms with Crippen molar-refractivity contribution in [2.75, 3.05) is 18.0 Å². The fourth-order valence-corrected chi connectivity index (χ4v) is 4.31. The van der Waals surface area contributed by atoms with E-state index in [2.05, 4.69) is 31.4 Å². The molecule has 2 heterocycles. The third-order valence-corrected chi connectivity index (χ3v) is 6.08. The second-order valence-electron chi connectivity index (χ2n) is 7.70. The smallest absolute Gasteiger partial charge is 0.271 e. The highest BCUT2D eigenvalue weighted by atomic mass is 79.9. The molecule has 3 aromatic rings. The van der Waals surface area contributed by atoms with Crippen LogP contribution in [0.15, 0.2) is 58.1 Å². The van der Waals surface area contributed by atoms with Crippen molar-refractivity contribution in [3.8, 4) is 5.69 Å². The molecule has 31 heavy (non-hydrogen) atoms. The molecule has 1 aromatic heterocycles. The van der Waals surface area contributed by atoms with Gasteiger partial charge in [-0.15, -0.1) is 0 Å². The van der Waals surface area contributed by atoms with E-state index in [4.69, 9.17) is 0 Å². The van der Waals surface area contributed by atoms with Gasteiger partial charge >= 0.3 is 0 Å². The van der Waals surface area contributed by atoms with E-state index in [0.29, 0.717) is 15.7 Å². The van der Waals surface area contributed by atoms with E-state index in [-0.39, 0.29) is 11.7 Å². The van der Waals surface area contributed by atoms with Crippen molar-refractivity contribution in [3.63, 3.8) is 0 Å². The highest BCUT2D eigenvalue weighted by Crippen LogP contribution is 2.24. The summed E-state index contributed by atoms with van der Waals surface area (Å²) in [5.74, 6) is -0.581. The minimum atomic E-state index is -0.314. The first-order valence-corrected chi connectivity index (χ1v) is 11.1. The number of halogens is 2. The zero-order valence-corrected chi connectivity index (χ0v) is 19.1. The normalized spacial score (nSPS) is 13.9. The lowest BCUT2D eigenvalue weighted by Gasteiger charge is -2.17. The first-order chi connectivity index (χ1) is 14.9. The van der Waals surface area contributed by atoms with Gasteiger partial charge in [0.2, 0.25) is 0 Å². The summed E-state index contributed by atoms with van der Waals surface area (Å²) in [6.45, 7) is 5.94. The van der Waals surface area contributed by atoms with Gasteiger partial charge in [0.05, 0.1) is 11.9 Å². The molecule has 1 saturated heterocycles. The molecule has 0 saturated carbocycles. The molecule has 0 aliphatic carbocycles. The van der Waals surface area contributed by atoms with Crippen LogP contribution in [0.25, 0.3) is 5.69 Å². The number of rotatable bonds is 5. The molecule has 160 valence electrons. The Morgan fingerprint density at radius 2 is 1.81 bits per heavy atom. The summed E-state index contributed by atoms with van der Waals surface area (Å²) < 4.78 is 17.0. The summed E-state index contributed by atoms with van der Waals surface area (Å²) in [6.07, 6.45) is 4.02. The number of hydrogen-bond acceptors (Lipinski definition) is 3. The Kier molecular flexibility index (Phi) is 6.23. The van der Waals surface area contributed by atoms with Crippen LogP contribution in [0.2, 0.25) is 0 Å². The summed E-state index contributed by atoms with van der Waals surface area (Å²) >= 11 is 3.29. The third kappa shape index (κ3) is 4.56. The molecule has 0 spiro atoms. The fourth-order valence-electron chi connectivity index (χ4n) is 3.98. The Balaban J connectivity index is 1.46. The number of aromatic nitrogens is 1. The average Bonchev–Trinajstić information content (AvgIpc) is 3.38. The molecule has 7 heteroatoms. The number of aryl methyl sites for hydroxylation is 1. The number of carbonyl (C=O) groups is 1. The van der Waals surface area contributed by atoms with Crippen molar-refractivity contribution in [2.45, 2.75) is 26.7 Å². The van der Waals surface area contributed by atoms with Crippen molar-refractivity contribution >= 4 is 33.7 Å². The molecule has 1 N–H and O–H groups in total. The Morgan fingerprint density at radius 3 is 2.48 bits per heavy atom. The van der Waals surface area contributed by atoms with E-state index in [9.17, 15) is 9.18 Å². The summed E-state index contributed by atoms with van der Waals surface area (Å²) in [6, 6.07) is 14.5. The standard InChI is InChI=1S/C24H24BrFN4O/c1-16-13-19(17(2)30(16)23-10-7-20(25)14-22(23)26)15-27-28-24(31)18-5-8-21(9-6-18)29-11-3-4-12-29/h5-10,13-15H,3-4,11-12H2,1-2H3,(H,28,31)/b27-15-. The van der Waals surface area contributed by atoms with Crippen LogP contribution in [0.4, 0.5) is 10.1 Å². The lowest BCUT2D eigenvalue weighted by molar-refractivity contribution is 0.0955. The van der Waals surface area contributed by atoms with Gasteiger partial charge in [-0.3, -0.25) is 4.79 Å². The van der Waals surface area contributed by atoms with E-state index in [1.165, 1.54) is 18.9 Å². The molecule has 4 rings (SSSR count). The van der Waals surface area contributed by atoms with E-state index >= 15 is 0 Å². The zero-order valence-electron chi connectivity index (χ0n) is 17.5. The summed E-state index contributed by atoms with van der Waals surface area (Å²) in [5.41, 5.74) is 7.28. The van der Waals surface area contributed by atoms with Gasteiger partial charge in [0.15, 0.2) is 0 Å². The van der Waals surface area contributed by atoms with Crippen molar-refractivity contribution in [1.82, 2.24) is 9.99 Å². The maximum absolute atomic E-state index is 14.4. The first-order valence-electron chi connectivity index (χ1n) is 10.3. The van der Waals surface area contributed by atoms with Gasteiger partial charge in [-0.1, -0.05) is 15.9 Å². The van der Waals surface area contributed by atoms with Gasteiger partial charge in [0.1, 0.15) is 5.82 Å².